The van der Waals surface area contributed by atoms with Gasteiger partial charge in [-0.2, -0.15) is 9.41 Å². The third-order valence-corrected chi connectivity index (χ3v) is 6.94. The number of amides is 1. The highest BCUT2D eigenvalue weighted by molar-refractivity contribution is 7.89. The lowest BCUT2D eigenvalue weighted by Gasteiger charge is -2.22. The Morgan fingerprint density at radius 2 is 1.72 bits per heavy atom. The molecule has 3 aromatic carbocycles. The number of carbonyl (C=O) groups excluding carboxylic acids is 1. The van der Waals surface area contributed by atoms with E-state index in [-0.39, 0.29) is 11.4 Å². The minimum absolute atomic E-state index is 0.0704. The van der Waals surface area contributed by atoms with Gasteiger partial charge in [-0.3, -0.25) is 4.79 Å². The molecule has 3 rings (SSSR count). The minimum Gasteiger partial charge on any atom is -0.272 e. The highest BCUT2D eigenvalue weighted by Gasteiger charge is 2.27. The lowest BCUT2D eigenvalue weighted by Crippen LogP contribution is -2.39. The summed E-state index contributed by atoms with van der Waals surface area (Å²) in [4.78, 5) is 12.6. The van der Waals surface area contributed by atoms with Crippen LogP contribution in [0.15, 0.2) is 82.8 Å². The standard InChI is InChI=1S/C23H21Cl2N3O3S/c1-17-7-9-18(10-8-17)14-26-27-23(29)16-28(15-19-11-12-20(24)13-22(19)25)32(30,31)21-5-3-2-4-6-21/h2-14H,15-16H2,1H3,(H,27,29)/b26-14-. The molecular formula is C23H21Cl2N3O3S. The molecule has 1 N–H and O–H groups in total. The zero-order valence-corrected chi connectivity index (χ0v) is 19.5. The summed E-state index contributed by atoms with van der Waals surface area (Å²) in [6, 6.07) is 20.2. The van der Waals surface area contributed by atoms with E-state index in [1.807, 2.05) is 31.2 Å². The van der Waals surface area contributed by atoms with Crippen LogP contribution in [0.5, 0.6) is 0 Å². The number of rotatable bonds is 8. The Morgan fingerprint density at radius 3 is 2.38 bits per heavy atom. The molecule has 3 aromatic rings. The molecule has 0 spiro atoms. The second-order valence-corrected chi connectivity index (χ2v) is 9.81. The Hall–Kier alpha value is -2.71. The predicted octanol–water partition coefficient (Wildman–Crippen LogP) is 4.64. The van der Waals surface area contributed by atoms with Gasteiger partial charge in [-0.1, -0.05) is 77.3 Å². The lowest BCUT2D eigenvalue weighted by atomic mass is 10.2. The number of hydrazone groups is 1. The van der Waals surface area contributed by atoms with Crippen LogP contribution in [-0.4, -0.2) is 31.4 Å². The Balaban J connectivity index is 1.80. The third-order valence-electron chi connectivity index (χ3n) is 4.54. The quantitative estimate of drug-likeness (QED) is 0.369. The van der Waals surface area contributed by atoms with Crippen LogP contribution in [-0.2, 0) is 21.4 Å². The largest absolute Gasteiger partial charge is 0.272 e. The van der Waals surface area contributed by atoms with E-state index in [9.17, 15) is 13.2 Å². The SMILES string of the molecule is Cc1ccc(/C=N\NC(=O)CN(Cc2ccc(Cl)cc2Cl)S(=O)(=O)c2ccccc2)cc1. The van der Waals surface area contributed by atoms with Gasteiger partial charge in [-0.25, -0.2) is 13.8 Å². The van der Waals surface area contributed by atoms with Crippen molar-refractivity contribution in [1.82, 2.24) is 9.73 Å². The lowest BCUT2D eigenvalue weighted by molar-refractivity contribution is -0.121. The smallest absolute Gasteiger partial charge is 0.255 e. The van der Waals surface area contributed by atoms with Gasteiger partial charge in [0.05, 0.1) is 17.7 Å². The Kier molecular flexibility index (Phi) is 8.04. The van der Waals surface area contributed by atoms with Crippen molar-refractivity contribution in [3.05, 3.63) is 99.5 Å². The van der Waals surface area contributed by atoms with Gasteiger partial charge in [0.25, 0.3) is 5.91 Å². The first-order valence-electron chi connectivity index (χ1n) is 9.63. The number of hydrogen-bond acceptors (Lipinski definition) is 4. The summed E-state index contributed by atoms with van der Waals surface area (Å²) in [6.07, 6.45) is 1.49. The van der Waals surface area contributed by atoms with Crippen molar-refractivity contribution in [3.8, 4) is 0 Å². The Bertz CT molecular complexity index is 1210. The maximum atomic E-state index is 13.2. The molecule has 32 heavy (non-hydrogen) atoms. The second-order valence-electron chi connectivity index (χ2n) is 7.03. The summed E-state index contributed by atoms with van der Waals surface area (Å²) in [5.74, 6) is -0.585. The summed E-state index contributed by atoms with van der Waals surface area (Å²) >= 11 is 12.2. The molecule has 6 nitrogen and oxygen atoms in total. The molecule has 0 aliphatic carbocycles. The molecular weight excluding hydrogens is 469 g/mol. The molecule has 0 aliphatic heterocycles. The van der Waals surface area contributed by atoms with Crippen LogP contribution in [0.2, 0.25) is 10.0 Å². The average Bonchev–Trinajstić information content (AvgIpc) is 2.77. The summed E-state index contributed by atoms with van der Waals surface area (Å²) < 4.78 is 27.5. The zero-order chi connectivity index (χ0) is 23.1. The van der Waals surface area contributed by atoms with E-state index in [0.29, 0.717) is 15.6 Å². The maximum absolute atomic E-state index is 13.2. The first kappa shape index (κ1) is 23.9. The van der Waals surface area contributed by atoms with Crippen molar-refractivity contribution in [2.24, 2.45) is 5.10 Å². The van der Waals surface area contributed by atoms with Gasteiger partial charge in [-0.05, 0) is 42.3 Å². The number of benzene rings is 3. The monoisotopic (exact) mass is 489 g/mol. The normalized spacial score (nSPS) is 11.8. The fourth-order valence-electron chi connectivity index (χ4n) is 2.83. The molecule has 0 bridgehead atoms. The molecule has 0 heterocycles. The van der Waals surface area contributed by atoms with Crippen LogP contribution in [0.25, 0.3) is 0 Å². The van der Waals surface area contributed by atoms with Crippen LogP contribution in [0.4, 0.5) is 0 Å². The van der Waals surface area contributed by atoms with Crippen molar-refractivity contribution in [1.29, 1.82) is 0 Å². The molecule has 0 fully saturated rings. The fraction of sp³-hybridized carbons (Fsp3) is 0.130. The Labute approximate surface area is 197 Å². The number of carbonyl (C=O) groups is 1. The number of hydrogen-bond donors (Lipinski definition) is 1. The van der Waals surface area contributed by atoms with Crippen LogP contribution < -0.4 is 5.43 Å². The first-order chi connectivity index (χ1) is 15.3. The van der Waals surface area contributed by atoms with E-state index in [1.165, 1.54) is 24.4 Å². The van der Waals surface area contributed by atoms with Crippen LogP contribution in [0.3, 0.4) is 0 Å². The molecule has 9 heteroatoms. The van der Waals surface area contributed by atoms with Gasteiger partial charge in [0, 0.05) is 16.6 Å². The predicted molar refractivity (Wildman–Crippen MR) is 127 cm³/mol. The van der Waals surface area contributed by atoms with Crippen LogP contribution in [0, 0.1) is 6.92 Å². The number of nitrogens with zero attached hydrogens (tertiary/aromatic N) is 2. The molecule has 0 radical (unpaired) electrons. The van der Waals surface area contributed by atoms with Gasteiger partial charge in [0.1, 0.15) is 0 Å². The summed E-state index contributed by atoms with van der Waals surface area (Å²) in [5, 5.41) is 4.66. The van der Waals surface area contributed by atoms with E-state index in [0.717, 1.165) is 15.4 Å². The molecule has 1 amide bonds. The van der Waals surface area contributed by atoms with Gasteiger partial charge >= 0.3 is 0 Å². The van der Waals surface area contributed by atoms with E-state index in [2.05, 4.69) is 10.5 Å². The van der Waals surface area contributed by atoms with Gasteiger partial charge < -0.3 is 0 Å². The van der Waals surface area contributed by atoms with Gasteiger partial charge in [0.15, 0.2) is 0 Å². The molecule has 0 saturated carbocycles. The number of aryl methyl sites for hydroxylation is 1. The summed E-state index contributed by atoms with van der Waals surface area (Å²) in [7, 11) is -3.97. The van der Waals surface area contributed by atoms with E-state index in [1.54, 1.807) is 30.3 Å². The van der Waals surface area contributed by atoms with Gasteiger partial charge in [-0.15, -0.1) is 0 Å². The van der Waals surface area contributed by atoms with Crippen molar-refractivity contribution >= 4 is 45.3 Å². The number of sulfonamides is 1. The molecule has 0 aliphatic rings. The Morgan fingerprint density at radius 1 is 1.03 bits per heavy atom. The zero-order valence-electron chi connectivity index (χ0n) is 17.2. The number of halogens is 2. The average molecular weight is 490 g/mol. The third kappa shape index (κ3) is 6.40. The summed E-state index contributed by atoms with van der Waals surface area (Å²) in [5.41, 5.74) is 4.81. The maximum Gasteiger partial charge on any atom is 0.255 e. The number of nitrogens with one attached hydrogen (secondary N) is 1. The molecule has 166 valence electrons. The minimum atomic E-state index is -3.97. The van der Waals surface area contributed by atoms with Crippen molar-refractivity contribution in [2.45, 2.75) is 18.4 Å². The van der Waals surface area contributed by atoms with Crippen molar-refractivity contribution < 1.29 is 13.2 Å². The van der Waals surface area contributed by atoms with Crippen molar-refractivity contribution in [2.75, 3.05) is 6.54 Å². The first-order valence-corrected chi connectivity index (χ1v) is 11.8. The van der Waals surface area contributed by atoms with E-state index >= 15 is 0 Å². The highest BCUT2D eigenvalue weighted by atomic mass is 35.5. The second kappa shape index (κ2) is 10.7. The fourth-order valence-corrected chi connectivity index (χ4v) is 4.70. The topological polar surface area (TPSA) is 78.8 Å². The van der Waals surface area contributed by atoms with E-state index < -0.39 is 22.5 Å². The molecule has 0 unspecified atom stereocenters. The molecule has 0 aromatic heterocycles. The molecule has 0 saturated heterocycles. The highest BCUT2D eigenvalue weighted by Crippen LogP contribution is 2.25. The summed E-state index contributed by atoms with van der Waals surface area (Å²) in [6.45, 7) is 1.42. The van der Waals surface area contributed by atoms with Crippen LogP contribution >= 0.6 is 23.2 Å². The van der Waals surface area contributed by atoms with Gasteiger partial charge in [0.2, 0.25) is 10.0 Å². The van der Waals surface area contributed by atoms with E-state index in [4.69, 9.17) is 23.2 Å². The van der Waals surface area contributed by atoms with Crippen molar-refractivity contribution in [3.63, 3.8) is 0 Å². The van der Waals surface area contributed by atoms with Crippen LogP contribution in [0.1, 0.15) is 16.7 Å². The molecule has 0 atom stereocenters.